The van der Waals surface area contributed by atoms with E-state index in [4.69, 9.17) is 28.4 Å². The molecule has 0 aliphatic rings. The molecule has 0 aromatic carbocycles. The Hall–Kier alpha value is -0.240. The molecule has 0 saturated heterocycles. The molecule has 146 valence electrons. The Bertz CT molecular complexity index is 194. The second kappa shape index (κ2) is 22.8. The van der Waals surface area contributed by atoms with Crippen LogP contribution in [-0.2, 0) is 28.4 Å². The molecule has 0 heterocycles. The zero-order chi connectivity index (χ0) is 17.6. The number of hydrogen-bond acceptors (Lipinski definition) is 6. The highest BCUT2D eigenvalue weighted by molar-refractivity contribution is 4.39. The van der Waals surface area contributed by atoms with E-state index in [1.807, 2.05) is 6.92 Å². The van der Waals surface area contributed by atoms with Crippen LogP contribution >= 0.6 is 0 Å². The van der Waals surface area contributed by atoms with Gasteiger partial charge in [0.2, 0.25) is 0 Å². The molecule has 0 amide bonds. The zero-order valence-corrected chi connectivity index (χ0v) is 15.8. The Morgan fingerprint density at radius 3 is 1.21 bits per heavy atom. The number of ether oxygens (including phenoxy) is 6. The average Bonchev–Trinajstić information content (AvgIpc) is 2.60. The molecule has 0 aliphatic carbocycles. The first-order chi connectivity index (χ1) is 11.9. The molecule has 0 fully saturated rings. The number of rotatable bonds is 21. The molecule has 0 unspecified atom stereocenters. The third kappa shape index (κ3) is 21.8. The number of hydrogen-bond donors (Lipinski definition) is 0. The van der Waals surface area contributed by atoms with Gasteiger partial charge in [-0.05, 0) is 39.0 Å². The van der Waals surface area contributed by atoms with Gasteiger partial charge in [-0.2, -0.15) is 0 Å². The van der Waals surface area contributed by atoms with Crippen LogP contribution in [0.4, 0.5) is 0 Å². The van der Waals surface area contributed by atoms with Gasteiger partial charge in [0.05, 0.1) is 13.2 Å². The van der Waals surface area contributed by atoms with Crippen molar-refractivity contribution < 1.29 is 28.4 Å². The highest BCUT2D eigenvalue weighted by Crippen LogP contribution is 1.92. The van der Waals surface area contributed by atoms with Crippen molar-refractivity contribution in [2.45, 2.75) is 46.0 Å². The van der Waals surface area contributed by atoms with E-state index in [1.54, 1.807) is 0 Å². The van der Waals surface area contributed by atoms with Gasteiger partial charge >= 0.3 is 0 Å². The van der Waals surface area contributed by atoms with Gasteiger partial charge in [-0.3, -0.25) is 0 Å². The second-order valence-electron chi connectivity index (χ2n) is 5.38. The van der Waals surface area contributed by atoms with Crippen LogP contribution in [0, 0.1) is 0 Å². The third-order valence-electron chi connectivity index (χ3n) is 3.03. The summed E-state index contributed by atoms with van der Waals surface area (Å²) in [5, 5.41) is 0. The van der Waals surface area contributed by atoms with Crippen LogP contribution in [0.5, 0.6) is 0 Å². The molecule has 6 nitrogen and oxygen atoms in total. The summed E-state index contributed by atoms with van der Waals surface area (Å²) in [6.45, 7) is 11.9. The van der Waals surface area contributed by atoms with Crippen LogP contribution in [0.15, 0.2) is 0 Å². The molecule has 0 rings (SSSR count). The zero-order valence-electron chi connectivity index (χ0n) is 15.8. The molecule has 0 bridgehead atoms. The van der Waals surface area contributed by atoms with Gasteiger partial charge in [0.1, 0.15) is 6.79 Å². The third-order valence-corrected chi connectivity index (χ3v) is 3.03. The van der Waals surface area contributed by atoms with Crippen molar-refractivity contribution in [3.05, 3.63) is 0 Å². The van der Waals surface area contributed by atoms with E-state index in [0.717, 1.165) is 85.0 Å². The van der Waals surface area contributed by atoms with Crippen molar-refractivity contribution in [1.82, 2.24) is 0 Å². The van der Waals surface area contributed by atoms with E-state index in [1.165, 1.54) is 0 Å². The highest BCUT2D eigenvalue weighted by Gasteiger charge is 1.94. The fraction of sp³-hybridized carbons (Fsp3) is 1.00. The minimum Gasteiger partial charge on any atom is -0.382 e. The molecule has 0 aromatic heterocycles. The van der Waals surface area contributed by atoms with Crippen LogP contribution < -0.4 is 0 Å². The van der Waals surface area contributed by atoms with E-state index in [2.05, 4.69) is 6.92 Å². The molecule has 0 atom stereocenters. The van der Waals surface area contributed by atoms with E-state index in [-0.39, 0.29) is 0 Å². The van der Waals surface area contributed by atoms with E-state index < -0.39 is 0 Å². The summed E-state index contributed by atoms with van der Waals surface area (Å²) < 4.78 is 32.3. The van der Waals surface area contributed by atoms with Crippen LogP contribution in [0.25, 0.3) is 0 Å². The summed E-state index contributed by atoms with van der Waals surface area (Å²) in [5.41, 5.74) is 0. The van der Waals surface area contributed by atoms with Crippen molar-refractivity contribution >= 4 is 0 Å². The maximum Gasteiger partial charge on any atom is 0.146 e. The van der Waals surface area contributed by atoms with Gasteiger partial charge in [0, 0.05) is 52.9 Å². The van der Waals surface area contributed by atoms with Gasteiger partial charge in [-0.1, -0.05) is 6.92 Å². The Kier molecular flexibility index (Phi) is 22.5. The Balaban J connectivity index is 2.93. The van der Waals surface area contributed by atoms with Crippen molar-refractivity contribution in [3.8, 4) is 0 Å². The van der Waals surface area contributed by atoms with E-state index in [0.29, 0.717) is 20.0 Å². The summed E-state index contributed by atoms with van der Waals surface area (Å²) >= 11 is 0. The Morgan fingerprint density at radius 1 is 0.417 bits per heavy atom. The fourth-order valence-electron chi connectivity index (χ4n) is 1.82. The average molecular weight is 350 g/mol. The lowest BCUT2D eigenvalue weighted by Gasteiger charge is -2.07. The SMILES string of the molecule is CCCOCCCOCCCOCOCCCOCCCOCC. The molecule has 6 heteroatoms. The lowest BCUT2D eigenvalue weighted by atomic mass is 10.4. The normalized spacial score (nSPS) is 11.2. The van der Waals surface area contributed by atoms with Crippen molar-refractivity contribution in [3.63, 3.8) is 0 Å². The molecule has 24 heavy (non-hydrogen) atoms. The van der Waals surface area contributed by atoms with Crippen LogP contribution in [0.1, 0.15) is 46.0 Å². The van der Waals surface area contributed by atoms with Gasteiger partial charge in [-0.25, -0.2) is 0 Å². The maximum absolute atomic E-state index is 5.49. The molecular weight excluding hydrogens is 312 g/mol. The smallest absolute Gasteiger partial charge is 0.146 e. The maximum atomic E-state index is 5.49. The predicted molar refractivity (Wildman–Crippen MR) is 94.5 cm³/mol. The Morgan fingerprint density at radius 2 is 0.792 bits per heavy atom. The lowest BCUT2D eigenvalue weighted by Crippen LogP contribution is -2.08. The van der Waals surface area contributed by atoms with Crippen molar-refractivity contribution in [2.24, 2.45) is 0 Å². The summed E-state index contributed by atoms with van der Waals surface area (Å²) in [5.74, 6) is 0. The quantitative estimate of drug-likeness (QED) is 0.234. The molecule has 0 N–H and O–H groups in total. The molecular formula is C18H38O6. The van der Waals surface area contributed by atoms with Gasteiger partial charge in [0.15, 0.2) is 0 Å². The largest absolute Gasteiger partial charge is 0.382 e. The van der Waals surface area contributed by atoms with Gasteiger partial charge in [0.25, 0.3) is 0 Å². The second-order valence-corrected chi connectivity index (χ2v) is 5.38. The first kappa shape index (κ1) is 23.8. The van der Waals surface area contributed by atoms with Crippen LogP contribution in [0.2, 0.25) is 0 Å². The molecule has 0 saturated carbocycles. The van der Waals surface area contributed by atoms with Gasteiger partial charge < -0.3 is 28.4 Å². The molecule has 0 aliphatic heterocycles. The summed E-state index contributed by atoms with van der Waals surface area (Å²) in [7, 11) is 0. The highest BCUT2D eigenvalue weighted by atomic mass is 16.7. The molecule has 0 aromatic rings. The lowest BCUT2D eigenvalue weighted by molar-refractivity contribution is -0.0629. The standard InChI is InChI=1S/C18H38O6/c1-3-9-20-11-6-13-22-15-8-17-24-18-23-16-7-14-21-12-5-10-19-4-2/h3-18H2,1-2H3. The monoisotopic (exact) mass is 350 g/mol. The fourth-order valence-corrected chi connectivity index (χ4v) is 1.82. The van der Waals surface area contributed by atoms with Crippen LogP contribution in [-0.4, -0.2) is 72.9 Å². The van der Waals surface area contributed by atoms with E-state index >= 15 is 0 Å². The minimum atomic E-state index is 0.342. The van der Waals surface area contributed by atoms with Crippen molar-refractivity contribution in [1.29, 1.82) is 0 Å². The minimum absolute atomic E-state index is 0.342. The first-order valence-electron chi connectivity index (χ1n) is 9.38. The van der Waals surface area contributed by atoms with Crippen LogP contribution in [0.3, 0.4) is 0 Å². The van der Waals surface area contributed by atoms with Gasteiger partial charge in [-0.15, -0.1) is 0 Å². The first-order valence-corrected chi connectivity index (χ1v) is 9.38. The summed E-state index contributed by atoms with van der Waals surface area (Å²) in [6, 6.07) is 0. The topological polar surface area (TPSA) is 55.4 Å². The molecule has 0 radical (unpaired) electrons. The predicted octanol–water partition coefficient (Wildman–Crippen LogP) is 3.03. The Labute approximate surface area is 148 Å². The molecule has 0 spiro atoms. The summed E-state index contributed by atoms with van der Waals surface area (Å²) in [6.07, 6.45) is 4.76. The summed E-state index contributed by atoms with van der Waals surface area (Å²) in [4.78, 5) is 0. The van der Waals surface area contributed by atoms with E-state index in [9.17, 15) is 0 Å². The van der Waals surface area contributed by atoms with Crippen molar-refractivity contribution in [2.75, 3.05) is 72.9 Å².